The zero-order valence-corrected chi connectivity index (χ0v) is 10.5. The van der Waals surface area contributed by atoms with Crippen molar-refractivity contribution in [2.75, 3.05) is 6.61 Å². The summed E-state index contributed by atoms with van der Waals surface area (Å²) in [6, 6.07) is 7.71. The Morgan fingerprint density at radius 1 is 1.44 bits per heavy atom. The molecule has 1 atom stereocenters. The minimum Gasteiger partial charge on any atom is -0.493 e. The van der Waals surface area contributed by atoms with Crippen molar-refractivity contribution in [1.82, 2.24) is 0 Å². The number of ether oxygens (including phenoxy) is 1. The van der Waals surface area contributed by atoms with Crippen molar-refractivity contribution < 1.29 is 9.53 Å². The summed E-state index contributed by atoms with van der Waals surface area (Å²) in [7, 11) is 0. The van der Waals surface area contributed by atoms with E-state index in [1.54, 1.807) is 0 Å². The summed E-state index contributed by atoms with van der Waals surface area (Å²) < 4.78 is 5.60. The predicted molar refractivity (Wildman–Crippen MR) is 66.3 cm³/mol. The van der Waals surface area contributed by atoms with Gasteiger partial charge in [-0.1, -0.05) is 25.1 Å². The van der Waals surface area contributed by atoms with Crippen molar-refractivity contribution in [1.29, 1.82) is 0 Å². The maximum absolute atomic E-state index is 11.1. The summed E-state index contributed by atoms with van der Waals surface area (Å²) in [6.07, 6.45) is 1.49. The molecule has 0 heterocycles. The molecular weight excluding hydrogens is 224 g/mol. The highest BCUT2D eigenvalue weighted by Crippen LogP contribution is 2.21. The van der Waals surface area contributed by atoms with Gasteiger partial charge < -0.3 is 4.74 Å². The lowest BCUT2D eigenvalue weighted by atomic mass is 10.1. The fourth-order valence-corrected chi connectivity index (χ4v) is 1.53. The van der Waals surface area contributed by atoms with E-state index in [0.29, 0.717) is 13.0 Å². The fraction of sp³-hybridized carbons (Fsp3) is 0.462. The highest BCUT2D eigenvalue weighted by Gasteiger charge is 2.13. The Balaban J connectivity index is 2.74. The number of ketones is 1. The second-order valence-electron chi connectivity index (χ2n) is 3.74. The summed E-state index contributed by atoms with van der Waals surface area (Å²) in [5.74, 6) is 0.822. The van der Waals surface area contributed by atoms with E-state index in [1.165, 1.54) is 6.92 Å². The van der Waals surface area contributed by atoms with Gasteiger partial charge in [-0.25, -0.2) is 0 Å². The van der Waals surface area contributed by atoms with Crippen molar-refractivity contribution in [3.05, 3.63) is 29.8 Å². The van der Waals surface area contributed by atoms with Crippen LogP contribution >= 0.6 is 11.6 Å². The van der Waals surface area contributed by atoms with Crippen LogP contribution in [0.1, 0.15) is 25.8 Å². The van der Waals surface area contributed by atoms with Gasteiger partial charge in [0.2, 0.25) is 0 Å². The quantitative estimate of drug-likeness (QED) is 0.714. The minimum atomic E-state index is -0.466. The van der Waals surface area contributed by atoms with Gasteiger partial charge in [-0.3, -0.25) is 4.79 Å². The van der Waals surface area contributed by atoms with Crippen LogP contribution in [0.3, 0.4) is 0 Å². The highest BCUT2D eigenvalue weighted by molar-refractivity contribution is 6.30. The number of hydrogen-bond acceptors (Lipinski definition) is 2. The lowest BCUT2D eigenvalue weighted by molar-refractivity contribution is -0.116. The van der Waals surface area contributed by atoms with Gasteiger partial charge in [-0.05, 0) is 31.4 Å². The molecule has 1 unspecified atom stereocenters. The molecule has 0 fully saturated rings. The molecule has 2 nitrogen and oxygen atoms in total. The van der Waals surface area contributed by atoms with Crippen molar-refractivity contribution in [2.45, 2.75) is 32.1 Å². The number of hydrogen-bond donors (Lipinski definition) is 0. The van der Waals surface area contributed by atoms with Gasteiger partial charge in [0.05, 0.1) is 12.0 Å². The standard InChI is InChI=1S/C13H17ClO2/c1-3-8-16-13-7-5-4-6-11(13)9-12(14)10(2)15/h4-7,12H,3,8-9H2,1-2H3. The Morgan fingerprint density at radius 3 is 2.75 bits per heavy atom. The molecule has 0 amide bonds. The lowest BCUT2D eigenvalue weighted by Crippen LogP contribution is -2.14. The largest absolute Gasteiger partial charge is 0.493 e. The van der Waals surface area contributed by atoms with Gasteiger partial charge in [-0.15, -0.1) is 11.6 Å². The number of para-hydroxylation sites is 1. The van der Waals surface area contributed by atoms with Gasteiger partial charge in [0.15, 0.2) is 0 Å². The van der Waals surface area contributed by atoms with Crippen LogP contribution in [0.2, 0.25) is 0 Å². The van der Waals surface area contributed by atoms with Gasteiger partial charge in [0, 0.05) is 0 Å². The molecule has 0 N–H and O–H groups in total. The third kappa shape index (κ3) is 3.86. The molecular formula is C13H17ClO2. The zero-order valence-electron chi connectivity index (χ0n) is 9.70. The molecule has 0 aromatic heterocycles. The monoisotopic (exact) mass is 240 g/mol. The predicted octanol–water partition coefficient (Wildman–Crippen LogP) is 3.21. The van der Waals surface area contributed by atoms with Gasteiger partial charge in [0.25, 0.3) is 0 Å². The number of rotatable bonds is 6. The second kappa shape index (κ2) is 6.54. The minimum absolute atomic E-state index is 0.00744. The molecule has 0 aliphatic carbocycles. The molecule has 1 aromatic rings. The first-order valence-corrected chi connectivity index (χ1v) is 5.94. The van der Waals surface area contributed by atoms with Crippen LogP contribution in [0.5, 0.6) is 5.75 Å². The number of halogens is 1. The highest BCUT2D eigenvalue weighted by atomic mass is 35.5. The first-order valence-electron chi connectivity index (χ1n) is 5.50. The third-order valence-electron chi connectivity index (χ3n) is 2.27. The molecule has 0 saturated heterocycles. The van der Waals surface area contributed by atoms with Crippen LogP contribution in [-0.2, 0) is 11.2 Å². The van der Waals surface area contributed by atoms with E-state index in [0.717, 1.165) is 17.7 Å². The molecule has 1 rings (SSSR count). The summed E-state index contributed by atoms with van der Waals surface area (Å²) in [6.45, 7) is 4.25. The van der Waals surface area contributed by atoms with E-state index in [9.17, 15) is 4.79 Å². The van der Waals surface area contributed by atoms with E-state index < -0.39 is 5.38 Å². The summed E-state index contributed by atoms with van der Waals surface area (Å²) in [5.41, 5.74) is 0.992. The second-order valence-corrected chi connectivity index (χ2v) is 4.27. The third-order valence-corrected chi connectivity index (χ3v) is 2.74. The summed E-state index contributed by atoms with van der Waals surface area (Å²) in [5, 5.41) is -0.466. The molecule has 16 heavy (non-hydrogen) atoms. The van der Waals surface area contributed by atoms with Crippen LogP contribution in [0, 0.1) is 0 Å². The molecule has 0 aliphatic heterocycles. The van der Waals surface area contributed by atoms with Crippen molar-refractivity contribution in [3.8, 4) is 5.75 Å². The molecule has 0 saturated carbocycles. The molecule has 0 bridgehead atoms. The van der Waals surface area contributed by atoms with E-state index in [1.807, 2.05) is 24.3 Å². The Kier molecular flexibility index (Phi) is 5.33. The van der Waals surface area contributed by atoms with Gasteiger partial charge in [-0.2, -0.15) is 0 Å². The lowest BCUT2D eigenvalue weighted by Gasteiger charge is -2.12. The van der Waals surface area contributed by atoms with Crippen molar-refractivity contribution in [3.63, 3.8) is 0 Å². The number of benzene rings is 1. The summed E-state index contributed by atoms with van der Waals surface area (Å²) >= 11 is 5.95. The molecule has 88 valence electrons. The normalized spacial score (nSPS) is 12.2. The van der Waals surface area contributed by atoms with Crippen molar-refractivity contribution >= 4 is 17.4 Å². The van der Waals surface area contributed by atoms with Crippen molar-refractivity contribution in [2.24, 2.45) is 0 Å². The van der Waals surface area contributed by atoms with Crippen LogP contribution in [0.4, 0.5) is 0 Å². The molecule has 0 spiro atoms. The number of carbonyl (C=O) groups is 1. The van der Waals surface area contributed by atoms with E-state index >= 15 is 0 Å². The smallest absolute Gasteiger partial charge is 0.147 e. The number of Topliss-reactive ketones (excluding diaryl/α,β-unsaturated/α-hetero) is 1. The van der Waals surface area contributed by atoms with Crippen LogP contribution in [0.25, 0.3) is 0 Å². The van der Waals surface area contributed by atoms with Gasteiger partial charge >= 0.3 is 0 Å². The molecule has 3 heteroatoms. The Labute approximate surface area is 102 Å². The Hall–Kier alpha value is -1.02. The SMILES string of the molecule is CCCOc1ccccc1CC(Cl)C(C)=O. The molecule has 0 radical (unpaired) electrons. The summed E-state index contributed by atoms with van der Waals surface area (Å²) in [4.78, 5) is 11.1. The van der Waals surface area contributed by atoms with E-state index in [2.05, 4.69) is 6.92 Å². The average molecular weight is 241 g/mol. The van der Waals surface area contributed by atoms with E-state index in [-0.39, 0.29) is 5.78 Å². The topological polar surface area (TPSA) is 26.3 Å². The van der Waals surface area contributed by atoms with Crippen LogP contribution in [-0.4, -0.2) is 17.8 Å². The first-order chi connectivity index (χ1) is 7.65. The molecule has 1 aromatic carbocycles. The van der Waals surface area contributed by atoms with Crippen LogP contribution in [0.15, 0.2) is 24.3 Å². The van der Waals surface area contributed by atoms with Gasteiger partial charge in [0.1, 0.15) is 11.5 Å². The maximum atomic E-state index is 11.1. The Morgan fingerprint density at radius 2 is 2.12 bits per heavy atom. The maximum Gasteiger partial charge on any atom is 0.147 e. The average Bonchev–Trinajstić information content (AvgIpc) is 2.27. The Bertz CT molecular complexity index is 350. The molecule has 0 aliphatic rings. The fourth-order valence-electron chi connectivity index (χ4n) is 1.36. The van der Waals surface area contributed by atoms with E-state index in [4.69, 9.17) is 16.3 Å². The zero-order chi connectivity index (χ0) is 12.0. The number of carbonyl (C=O) groups excluding carboxylic acids is 1. The number of alkyl halides is 1. The van der Waals surface area contributed by atoms with Crippen LogP contribution < -0.4 is 4.74 Å². The first kappa shape index (κ1) is 13.0.